The van der Waals surface area contributed by atoms with Crippen LogP contribution in [-0.4, -0.2) is 24.5 Å². The molecule has 1 aliphatic carbocycles. The molecule has 3 heteroatoms. The number of nitrogens with zero attached hydrogens (tertiary/aromatic N) is 1. The predicted octanol–water partition coefficient (Wildman–Crippen LogP) is 4.66. The van der Waals surface area contributed by atoms with Crippen molar-refractivity contribution in [2.75, 3.05) is 13.6 Å². The average molecular weight is 353 g/mol. The third kappa shape index (κ3) is 4.08. The topological polar surface area (TPSA) is 29.3 Å². The van der Waals surface area contributed by atoms with Gasteiger partial charge in [-0.1, -0.05) is 41.4 Å². The minimum absolute atomic E-state index is 0.333. The van der Waals surface area contributed by atoms with Gasteiger partial charge in [-0.25, -0.2) is 0 Å². The minimum Gasteiger partial charge on any atom is -0.329 e. The summed E-state index contributed by atoms with van der Waals surface area (Å²) < 4.78 is 1.17. The Balaban J connectivity index is 2.08. The van der Waals surface area contributed by atoms with Gasteiger partial charge in [-0.2, -0.15) is 0 Å². The van der Waals surface area contributed by atoms with Gasteiger partial charge < -0.3 is 5.73 Å². The van der Waals surface area contributed by atoms with Gasteiger partial charge in [0.2, 0.25) is 0 Å². The summed E-state index contributed by atoms with van der Waals surface area (Å²) in [6, 6.07) is 7.65. The van der Waals surface area contributed by atoms with Crippen LogP contribution >= 0.6 is 15.9 Å². The van der Waals surface area contributed by atoms with Crippen molar-refractivity contribution >= 4 is 15.9 Å². The SMILES string of the molecule is CCC1CCC(N(C)C(CN)c2ccc(Br)c(C)c2)CC1. The van der Waals surface area contributed by atoms with E-state index in [1.54, 1.807) is 0 Å². The molecule has 1 saturated carbocycles. The normalized spacial score (nSPS) is 24.3. The van der Waals surface area contributed by atoms with Gasteiger partial charge in [0.1, 0.15) is 0 Å². The van der Waals surface area contributed by atoms with Crippen LogP contribution in [0, 0.1) is 12.8 Å². The second-order valence-corrected chi connectivity index (χ2v) is 7.36. The summed E-state index contributed by atoms with van der Waals surface area (Å²) >= 11 is 3.58. The van der Waals surface area contributed by atoms with Crippen molar-refractivity contribution in [1.82, 2.24) is 4.90 Å². The number of likely N-dealkylation sites (N-methyl/N-ethyl adjacent to an activating group) is 1. The number of nitrogens with two attached hydrogens (primary N) is 1. The molecule has 2 rings (SSSR count). The van der Waals surface area contributed by atoms with E-state index >= 15 is 0 Å². The summed E-state index contributed by atoms with van der Waals surface area (Å²) in [6.45, 7) is 5.15. The van der Waals surface area contributed by atoms with Crippen LogP contribution in [0.4, 0.5) is 0 Å². The molecular weight excluding hydrogens is 324 g/mol. The number of aryl methyl sites for hydroxylation is 1. The second kappa shape index (κ2) is 7.75. The summed E-state index contributed by atoms with van der Waals surface area (Å²) in [5.74, 6) is 0.945. The predicted molar refractivity (Wildman–Crippen MR) is 94.5 cm³/mol. The maximum atomic E-state index is 6.10. The molecule has 1 aromatic carbocycles. The van der Waals surface area contributed by atoms with Crippen LogP contribution < -0.4 is 5.73 Å². The molecule has 1 unspecified atom stereocenters. The minimum atomic E-state index is 0.333. The van der Waals surface area contributed by atoms with Crippen LogP contribution in [0.3, 0.4) is 0 Å². The monoisotopic (exact) mass is 352 g/mol. The third-order valence-corrected chi connectivity index (χ3v) is 6.14. The molecule has 1 fully saturated rings. The quantitative estimate of drug-likeness (QED) is 0.834. The van der Waals surface area contributed by atoms with Gasteiger partial charge in [-0.05, 0) is 62.8 Å². The molecule has 21 heavy (non-hydrogen) atoms. The molecule has 0 radical (unpaired) electrons. The molecule has 0 heterocycles. The summed E-state index contributed by atoms with van der Waals surface area (Å²) in [4.78, 5) is 2.52. The first kappa shape index (κ1) is 17.0. The Kier molecular flexibility index (Phi) is 6.27. The first-order chi connectivity index (χ1) is 10.1. The van der Waals surface area contributed by atoms with Crippen LogP contribution in [0.15, 0.2) is 22.7 Å². The number of benzene rings is 1. The number of hydrogen-bond acceptors (Lipinski definition) is 2. The first-order valence-corrected chi connectivity index (χ1v) is 9.04. The largest absolute Gasteiger partial charge is 0.329 e. The molecule has 1 aliphatic rings. The van der Waals surface area contributed by atoms with Crippen molar-refractivity contribution in [1.29, 1.82) is 0 Å². The van der Waals surface area contributed by atoms with E-state index in [9.17, 15) is 0 Å². The fourth-order valence-electron chi connectivity index (χ4n) is 3.63. The van der Waals surface area contributed by atoms with E-state index in [1.807, 2.05) is 0 Å². The Morgan fingerprint density at radius 1 is 1.29 bits per heavy atom. The Morgan fingerprint density at radius 3 is 2.48 bits per heavy atom. The highest BCUT2D eigenvalue weighted by atomic mass is 79.9. The Labute approximate surface area is 138 Å². The number of hydrogen-bond donors (Lipinski definition) is 1. The molecule has 0 saturated heterocycles. The standard InChI is InChI=1S/C18H29BrN2/c1-4-14-5-8-16(9-6-14)21(3)18(12-20)15-7-10-17(19)13(2)11-15/h7,10-11,14,16,18H,4-6,8-9,12,20H2,1-3H3. The zero-order valence-corrected chi connectivity index (χ0v) is 15.2. The van der Waals surface area contributed by atoms with E-state index in [1.165, 1.54) is 47.7 Å². The lowest BCUT2D eigenvalue weighted by Crippen LogP contribution is -2.40. The number of halogens is 1. The summed E-state index contributed by atoms with van der Waals surface area (Å²) in [6.07, 6.45) is 6.73. The van der Waals surface area contributed by atoms with Crippen molar-refractivity contribution in [2.45, 2.75) is 58.0 Å². The first-order valence-electron chi connectivity index (χ1n) is 8.24. The number of rotatable bonds is 5. The molecule has 0 spiro atoms. The van der Waals surface area contributed by atoms with Crippen LogP contribution in [-0.2, 0) is 0 Å². The zero-order chi connectivity index (χ0) is 15.4. The molecule has 2 nitrogen and oxygen atoms in total. The maximum absolute atomic E-state index is 6.10. The van der Waals surface area contributed by atoms with Crippen LogP contribution in [0.25, 0.3) is 0 Å². The van der Waals surface area contributed by atoms with Gasteiger partial charge in [0.05, 0.1) is 0 Å². The van der Waals surface area contributed by atoms with Gasteiger partial charge >= 0.3 is 0 Å². The van der Waals surface area contributed by atoms with Gasteiger partial charge in [-0.15, -0.1) is 0 Å². The Bertz CT molecular complexity index is 453. The van der Waals surface area contributed by atoms with Crippen molar-refractivity contribution < 1.29 is 0 Å². The van der Waals surface area contributed by atoms with Crippen LogP contribution in [0.5, 0.6) is 0 Å². The molecule has 118 valence electrons. The lowest BCUT2D eigenvalue weighted by atomic mass is 9.83. The fourth-order valence-corrected chi connectivity index (χ4v) is 3.87. The Hall–Kier alpha value is -0.380. The molecule has 0 aromatic heterocycles. The van der Waals surface area contributed by atoms with E-state index < -0.39 is 0 Å². The van der Waals surface area contributed by atoms with Crippen LogP contribution in [0.2, 0.25) is 0 Å². The smallest absolute Gasteiger partial charge is 0.0470 e. The maximum Gasteiger partial charge on any atom is 0.0470 e. The molecule has 0 amide bonds. The molecule has 0 aliphatic heterocycles. The molecular formula is C18H29BrN2. The zero-order valence-electron chi connectivity index (χ0n) is 13.6. The summed E-state index contributed by atoms with van der Waals surface area (Å²) in [7, 11) is 2.26. The van der Waals surface area contributed by atoms with E-state index in [2.05, 4.69) is 59.9 Å². The van der Waals surface area contributed by atoms with E-state index in [-0.39, 0.29) is 0 Å². The van der Waals surface area contributed by atoms with E-state index in [0.29, 0.717) is 18.6 Å². The summed E-state index contributed by atoms with van der Waals surface area (Å²) in [5, 5.41) is 0. The molecule has 2 N–H and O–H groups in total. The van der Waals surface area contributed by atoms with Crippen molar-refractivity contribution in [2.24, 2.45) is 11.7 Å². The van der Waals surface area contributed by atoms with Crippen molar-refractivity contribution in [3.05, 3.63) is 33.8 Å². The lowest BCUT2D eigenvalue weighted by molar-refractivity contribution is 0.122. The summed E-state index contributed by atoms with van der Waals surface area (Å²) in [5.41, 5.74) is 8.73. The molecule has 0 bridgehead atoms. The van der Waals surface area contributed by atoms with Crippen LogP contribution in [0.1, 0.15) is 56.2 Å². The van der Waals surface area contributed by atoms with Gasteiger partial charge in [0.15, 0.2) is 0 Å². The molecule has 1 aromatic rings. The van der Waals surface area contributed by atoms with Gasteiger partial charge in [-0.3, -0.25) is 4.90 Å². The highest BCUT2D eigenvalue weighted by Crippen LogP contribution is 2.33. The Morgan fingerprint density at radius 2 is 1.95 bits per heavy atom. The fraction of sp³-hybridized carbons (Fsp3) is 0.667. The third-order valence-electron chi connectivity index (χ3n) is 5.25. The van der Waals surface area contributed by atoms with E-state index in [4.69, 9.17) is 5.73 Å². The molecule has 1 atom stereocenters. The average Bonchev–Trinajstić information content (AvgIpc) is 2.51. The highest BCUT2D eigenvalue weighted by Gasteiger charge is 2.27. The van der Waals surface area contributed by atoms with Crippen molar-refractivity contribution in [3.8, 4) is 0 Å². The van der Waals surface area contributed by atoms with Gasteiger partial charge in [0.25, 0.3) is 0 Å². The lowest BCUT2D eigenvalue weighted by Gasteiger charge is -2.39. The van der Waals surface area contributed by atoms with Crippen molar-refractivity contribution in [3.63, 3.8) is 0 Å². The van der Waals surface area contributed by atoms with Gasteiger partial charge in [0, 0.05) is 23.1 Å². The second-order valence-electron chi connectivity index (χ2n) is 6.51. The highest BCUT2D eigenvalue weighted by molar-refractivity contribution is 9.10. The van der Waals surface area contributed by atoms with E-state index in [0.717, 1.165) is 5.92 Å².